The van der Waals surface area contributed by atoms with Gasteiger partial charge in [-0.15, -0.1) is 0 Å². The molecule has 2 heterocycles. The number of likely N-dealkylation sites (tertiary alicyclic amines) is 2. The Hall–Kier alpha value is -6.93. The molecule has 0 unspecified atom stereocenters. The van der Waals surface area contributed by atoms with E-state index in [-0.39, 0.29) is 24.4 Å². The van der Waals surface area contributed by atoms with Crippen molar-refractivity contribution in [3.8, 4) is 0 Å². The van der Waals surface area contributed by atoms with Crippen molar-refractivity contribution in [3.05, 3.63) is 0 Å². The summed E-state index contributed by atoms with van der Waals surface area (Å²) in [5.74, 6) is -10.4. The van der Waals surface area contributed by atoms with Crippen LogP contribution in [0, 0.1) is 17.8 Å². The summed E-state index contributed by atoms with van der Waals surface area (Å²) in [5, 5.41) is 31.7. The Morgan fingerprint density at radius 1 is 0.571 bits per heavy atom. The number of carboxylic acids is 1. The average molecular weight is 1090 g/mol. The van der Waals surface area contributed by atoms with Gasteiger partial charge in [0.05, 0.1) is 19.0 Å². The summed E-state index contributed by atoms with van der Waals surface area (Å²) in [6.07, 6.45) is 2.28. The van der Waals surface area contributed by atoms with Crippen LogP contribution in [0.15, 0.2) is 0 Å². The molecule has 0 aromatic heterocycles. The minimum absolute atomic E-state index is 0.247. The highest BCUT2D eigenvalue weighted by atomic mass is 16.4. The highest BCUT2D eigenvalue weighted by molar-refractivity contribution is 5.99. The second kappa shape index (κ2) is 29.0. The lowest BCUT2D eigenvalue weighted by Gasteiger charge is -2.32. The SMILES string of the molecule is CC(C)[C@H](NC(=O)[C@@H]1CCCN1C(=O)[C@@H](NC(=O)[C@@H](C)NC(=O)C(C)(C)NC(=O)CNC(=O)[C@H](C)CC[C@@H]1CCCN1C(=O)[C@H](C)NC(=O)[C@H](C)NC(=O)C(C)(C)NC(=O)[C@H](C)NC(=O)[C@H](N)CC(=O)O)C(C)C)C(N)=O. The number of nitrogens with two attached hydrogens (primary N) is 2. The summed E-state index contributed by atoms with van der Waals surface area (Å²) >= 11 is 0. The number of carbonyl (C=O) groups excluding carboxylic acids is 12. The van der Waals surface area contributed by atoms with E-state index >= 15 is 0 Å². The maximum Gasteiger partial charge on any atom is 0.305 e. The van der Waals surface area contributed by atoms with Crippen molar-refractivity contribution in [1.29, 1.82) is 0 Å². The Labute approximate surface area is 450 Å². The van der Waals surface area contributed by atoms with Gasteiger partial charge in [-0.3, -0.25) is 62.3 Å². The molecular weight excluding hydrogens is 1010 g/mol. The number of nitrogens with zero attached hydrogens (tertiary/aromatic N) is 2. The van der Waals surface area contributed by atoms with Gasteiger partial charge < -0.3 is 74.2 Å². The summed E-state index contributed by atoms with van der Waals surface area (Å²) in [4.78, 5) is 170. The van der Waals surface area contributed by atoms with Crippen molar-refractivity contribution in [2.24, 2.45) is 29.2 Å². The Bertz CT molecular complexity index is 2220. The summed E-state index contributed by atoms with van der Waals surface area (Å²) in [7, 11) is 0. The summed E-state index contributed by atoms with van der Waals surface area (Å²) < 4.78 is 0. The van der Waals surface area contributed by atoms with Gasteiger partial charge in [-0.25, -0.2) is 0 Å². The Morgan fingerprint density at radius 2 is 1.06 bits per heavy atom. The van der Waals surface area contributed by atoms with Crippen molar-refractivity contribution in [3.63, 3.8) is 0 Å². The minimum atomic E-state index is -1.58. The number of hydrogen-bond donors (Lipinski definition) is 12. The highest BCUT2D eigenvalue weighted by Crippen LogP contribution is 2.25. The molecule has 2 aliphatic heterocycles. The van der Waals surface area contributed by atoms with Gasteiger partial charge in [-0.1, -0.05) is 34.6 Å². The van der Waals surface area contributed by atoms with Crippen LogP contribution in [-0.4, -0.2) is 177 Å². The standard InChI is InChI=1S/C50H85N13O14/c1-24(2)36(38(52)67)58-44(73)33-17-15-21-63(33)46(75)37(25(3)4)59-41(70)28(7)57-47(76)49(10,11)60-34(64)23-53-39(68)26(5)18-19-31-16-14-20-62(31)45(74)30(9)55-40(69)27(6)56-48(77)50(12,13)61-42(71)29(8)54-43(72)32(51)22-35(65)66/h24-33,36-37H,14-23,51H2,1-13H3,(H2,52,67)(H,53,68)(H,54,72)(H,55,69)(H,56,77)(H,57,76)(H,58,73)(H,59,70)(H,60,64)(H,61,71)(H,65,66)/t26-,27+,28-,29+,30+,31+,32-,33+,36+,37+/m1/s1. The van der Waals surface area contributed by atoms with Gasteiger partial charge in [0.15, 0.2) is 0 Å². The van der Waals surface area contributed by atoms with E-state index in [1.54, 1.807) is 39.5 Å². The van der Waals surface area contributed by atoms with E-state index in [1.807, 2.05) is 0 Å². The summed E-state index contributed by atoms with van der Waals surface area (Å²) in [6, 6.07) is -9.06. The zero-order valence-electron chi connectivity index (χ0n) is 46.8. The number of carbonyl (C=O) groups is 13. The van der Waals surface area contributed by atoms with Crippen molar-refractivity contribution in [2.45, 2.75) is 200 Å². The fourth-order valence-electron chi connectivity index (χ4n) is 8.55. The van der Waals surface area contributed by atoms with Crippen LogP contribution in [0.25, 0.3) is 0 Å². The smallest absolute Gasteiger partial charge is 0.305 e. The molecule has 0 aliphatic carbocycles. The molecule has 434 valence electrons. The molecule has 0 aromatic rings. The second-order valence-corrected chi connectivity index (χ2v) is 21.9. The fourth-order valence-corrected chi connectivity index (χ4v) is 8.55. The van der Waals surface area contributed by atoms with Crippen LogP contribution in [-0.2, 0) is 62.3 Å². The van der Waals surface area contributed by atoms with Crippen LogP contribution in [0.4, 0.5) is 0 Å². The lowest BCUT2D eigenvalue weighted by molar-refractivity contribution is -0.143. The molecule has 2 aliphatic rings. The molecule has 0 bridgehead atoms. The predicted octanol–water partition coefficient (Wildman–Crippen LogP) is -3.12. The van der Waals surface area contributed by atoms with Gasteiger partial charge in [0.1, 0.15) is 53.4 Å². The highest BCUT2D eigenvalue weighted by Gasteiger charge is 2.42. The van der Waals surface area contributed by atoms with Crippen LogP contribution in [0.5, 0.6) is 0 Å². The molecular formula is C50H85N13O14. The molecule has 0 aromatic carbocycles. The number of rotatable bonds is 28. The van der Waals surface area contributed by atoms with E-state index in [0.717, 1.165) is 0 Å². The first-order chi connectivity index (χ1) is 35.5. The van der Waals surface area contributed by atoms with E-state index < -0.39 is 155 Å². The summed E-state index contributed by atoms with van der Waals surface area (Å²) in [5.41, 5.74) is 7.87. The van der Waals surface area contributed by atoms with Crippen molar-refractivity contribution < 1.29 is 67.4 Å². The first-order valence-corrected chi connectivity index (χ1v) is 26.1. The van der Waals surface area contributed by atoms with E-state index in [0.29, 0.717) is 45.1 Å². The van der Waals surface area contributed by atoms with Crippen molar-refractivity contribution in [2.75, 3.05) is 19.6 Å². The number of hydrogen-bond acceptors (Lipinski definition) is 14. The zero-order chi connectivity index (χ0) is 59.0. The van der Waals surface area contributed by atoms with E-state index in [2.05, 4.69) is 47.9 Å². The number of aliphatic carboxylic acids is 1. The Morgan fingerprint density at radius 3 is 1.60 bits per heavy atom. The van der Waals surface area contributed by atoms with Gasteiger partial charge in [0.25, 0.3) is 0 Å². The normalized spacial score (nSPS) is 18.7. The van der Waals surface area contributed by atoms with Gasteiger partial charge in [-0.05, 0) is 106 Å². The number of amides is 12. The first-order valence-electron chi connectivity index (χ1n) is 26.1. The van der Waals surface area contributed by atoms with E-state index in [1.165, 1.54) is 60.3 Å². The lowest BCUT2D eigenvalue weighted by Crippen LogP contribution is -2.62. The minimum Gasteiger partial charge on any atom is -0.481 e. The first kappa shape index (κ1) is 66.2. The third-order valence-electron chi connectivity index (χ3n) is 13.5. The van der Waals surface area contributed by atoms with Crippen LogP contribution >= 0.6 is 0 Å². The van der Waals surface area contributed by atoms with Gasteiger partial charge in [0, 0.05) is 25.0 Å². The van der Waals surface area contributed by atoms with Crippen LogP contribution in [0.3, 0.4) is 0 Å². The third kappa shape index (κ3) is 19.9. The largest absolute Gasteiger partial charge is 0.481 e. The maximum atomic E-state index is 13.8. The second-order valence-electron chi connectivity index (χ2n) is 21.9. The van der Waals surface area contributed by atoms with E-state index in [4.69, 9.17) is 16.6 Å². The molecule has 0 saturated carbocycles. The quantitative estimate of drug-likeness (QED) is 0.0369. The van der Waals surface area contributed by atoms with Crippen LogP contribution < -0.4 is 59.3 Å². The number of nitrogens with one attached hydrogen (secondary N) is 9. The fraction of sp³-hybridized carbons (Fsp3) is 0.740. The molecule has 12 amide bonds. The molecule has 10 atom stereocenters. The molecule has 2 rings (SSSR count). The molecule has 2 fully saturated rings. The number of primary amides is 1. The monoisotopic (exact) mass is 1090 g/mol. The topological polar surface area (TPSA) is 409 Å². The molecule has 77 heavy (non-hydrogen) atoms. The molecule has 27 nitrogen and oxygen atoms in total. The van der Waals surface area contributed by atoms with Gasteiger partial charge in [-0.2, -0.15) is 0 Å². The average Bonchev–Trinajstić information content (AvgIpc) is 4.02. The maximum absolute atomic E-state index is 13.8. The van der Waals surface area contributed by atoms with E-state index in [9.17, 15) is 62.3 Å². The predicted molar refractivity (Wildman–Crippen MR) is 279 cm³/mol. The molecule has 27 heteroatoms. The molecule has 2 saturated heterocycles. The third-order valence-corrected chi connectivity index (χ3v) is 13.5. The van der Waals surface area contributed by atoms with Gasteiger partial charge >= 0.3 is 5.97 Å². The molecule has 14 N–H and O–H groups in total. The zero-order valence-corrected chi connectivity index (χ0v) is 46.8. The van der Waals surface area contributed by atoms with Crippen LogP contribution in [0.1, 0.15) is 135 Å². The molecule has 0 spiro atoms. The number of carboxylic acid groups (broad SMARTS) is 1. The van der Waals surface area contributed by atoms with Crippen LogP contribution in [0.2, 0.25) is 0 Å². The van der Waals surface area contributed by atoms with Crippen molar-refractivity contribution >= 4 is 76.9 Å². The van der Waals surface area contributed by atoms with Gasteiger partial charge in [0.2, 0.25) is 70.9 Å². The Kier molecular flexibility index (Phi) is 24.9. The summed E-state index contributed by atoms with van der Waals surface area (Å²) in [6.45, 7) is 19.9. The van der Waals surface area contributed by atoms with Crippen molar-refractivity contribution in [1.82, 2.24) is 57.7 Å². The lowest BCUT2D eigenvalue weighted by atomic mass is 9.99. The molecule has 0 radical (unpaired) electrons. The Balaban J connectivity index is 1.87.